The van der Waals surface area contributed by atoms with Crippen molar-refractivity contribution in [2.45, 2.75) is 43.3 Å². The van der Waals surface area contributed by atoms with E-state index in [1.165, 1.54) is 0 Å². The van der Waals surface area contributed by atoms with Gasteiger partial charge in [-0.3, -0.25) is 0 Å². The van der Waals surface area contributed by atoms with E-state index in [2.05, 4.69) is 6.07 Å². The van der Waals surface area contributed by atoms with E-state index in [9.17, 15) is 10.4 Å². The highest BCUT2D eigenvalue weighted by Gasteiger charge is 2.56. The Kier molecular flexibility index (Phi) is 3.19. The lowest BCUT2D eigenvalue weighted by Gasteiger charge is -2.45. The summed E-state index contributed by atoms with van der Waals surface area (Å²) in [5.41, 5.74) is 1.04. The maximum absolute atomic E-state index is 10.9. The Morgan fingerprint density at radius 1 is 1.35 bits per heavy atom. The number of aryl methyl sites for hydroxylation is 1. The summed E-state index contributed by atoms with van der Waals surface area (Å²) in [6.45, 7) is 0.519. The van der Waals surface area contributed by atoms with Crippen molar-refractivity contribution in [1.29, 1.82) is 5.26 Å². The summed E-state index contributed by atoms with van der Waals surface area (Å²) in [6, 6.07) is 8.14. The van der Waals surface area contributed by atoms with Gasteiger partial charge in [0, 0.05) is 6.42 Å². The quantitative estimate of drug-likeness (QED) is 0.852. The van der Waals surface area contributed by atoms with E-state index in [4.69, 9.17) is 9.47 Å². The molecule has 0 saturated carbocycles. The standard InChI is InChI=1S/C16H19NO3/c1-19-13-5-6-14-12(10-13)4-2-8-16(18)15(14,11-17)7-3-9-20-16/h5-6,10,18H,2-4,7-9H2,1H3. The molecule has 1 aliphatic heterocycles. The third-order valence-electron chi connectivity index (χ3n) is 4.63. The molecule has 1 heterocycles. The number of hydrogen-bond acceptors (Lipinski definition) is 4. The van der Waals surface area contributed by atoms with Gasteiger partial charge < -0.3 is 14.6 Å². The van der Waals surface area contributed by atoms with Crippen LogP contribution in [0.1, 0.15) is 36.8 Å². The Morgan fingerprint density at radius 2 is 2.20 bits per heavy atom. The van der Waals surface area contributed by atoms with Crippen molar-refractivity contribution in [2.24, 2.45) is 0 Å². The molecule has 3 rings (SSSR count). The van der Waals surface area contributed by atoms with E-state index in [0.29, 0.717) is 19.4 Å². The van der Waals surface area contributed by atoms with Gasteiger partial charge in [0.15, 0.2) is 5.79 Å². The summed E-state index contributed by atoms with van der Waals surface area (Å²) in [5, 5.41) is 20.7. The lowest BCUT2D eigenvalue weighted by Crippen LogP contribution is -2.55. The predicted molar refractivity (Wildman–Crippen MR) is 73.4 cm³/mol. The monoisotopic (exact) mass is 273 g/mol. The van der Waals surface area contributed by atoms with E-state index in [0.717, 1.165) is 36.1 Å². The van der Waals surface area contributed by atoms with Crippen LogP contribution < -0.4 is 4.74 Å². The first-order valence-electron chi connectivity index (χ1n) is 7.10. The zero-order valence-electron chi connectivity index (χ0n) is 11.7. The van der Waals surface area contributed by atoms with Gasteiger partial charge in [-0.15, -0.1) is 0 Å². The molecular weight excluding hydrogens is 254 g/mol. The zero-order chi connectivity index (χ0) is 14.2. The third kappa shape index (κ3) is 1.74. The lowest BCUT2D eigenvalue weighted by molar-refractivity contribution is -0.259. The Hall–Kier alpha value is -1.57. The van der Waals surface area contributed by atoms with Crippen LogP contribution >= 0.6 is 0 Å². The molecule has 2 aliphatic rings. The van der Waals surface area contributed by atoms with Gasteiger partial charge in [0.1, 0.15) is 11.2 Å². The van der Waals surface area contributed by atoms with Crippen LogP contribution in [0.5, 0.6) is 5.75 Å². The number of nitrogens with zero attached hydrogens (tertiary/aromatic N) is 1. The molecule has 0 aromatic heterocycles. The molecule has 0 spiro atoms. The minimum Gasteiger partial charge on any atom is -0.497 e. The first-order chi connectivity index (χ1) is 9.65. The van der Waals surface area contributed by atoms with Crippen molar-refractivity contribution in [3.63, 3.8) is 0 Å². The van der Waals surface area contributed by atoms with Gasteiger partial charge in [0.2, 0.25) is 0 Å². The minimum absolute atomic E-state index is 0.498. The van der Waals surface area contributed by atoms with Crippen molar-refractivity contribution in [3.8, 4) is 11.8 Å². The van der Waals surface area contributed by atoms with Gasteiger partial charge in [-0.2, -0.15) is 5.26 Å². The molecule has 4 nitrogen and oxygen atoms in total. The second kappa shape index (κ2) is 4.76. The average molecular weight is 273 g/mol. The van der Waals surface area contributed by atoms with Gasteiger partial charge in [-0.1, -0.05) is 6.07 Å². The number of benzene rings is 1. The molecule has 1 aromatic carbocycles. The largest absolute Gasteiger partial charge is 0.497 e. The van der Waals surface area contributed by atoms with Crippen molar-refractivity contribution < 1.29 is 14.6 Å². The smallest absolute Gasteiger partial charge is 0.188 e. The molecule has 1 fully saturated rings. The SMILES string of the molecule is COc1ccc2c(c1)CCCC1(O)OCCCC21C#N. The second-order valence-corrected chi connectivity index (χ2v) is 5.63. The zero-order valence-corrected chi connectivity index (χ0v) is 11.7. The topological polar surface area (TPSA) is 62.5 Å². The highest BCUT2D eigenvalue weighted by Crippen LogP contribution is 2.49. The molecule has 106 valence electrons. The summed E-state index contributed by atoms with van der Waals surface area (Å²) in [5.74, 6) is -0.571. The number of rotatable bonds is 1. The van der Waals surface area contributed by atoms with Crippen LogP contribution in [0.2, 0.25) is 0 Å². The number of methoxy groups -OCH3 is 1. The number of hydrogen-bond donors (Lipinski definition) is 1. The Morgan fingerprint density at radius 3 is 2.95 bits per heavy atom. The fraction of sp³-hybridized carbons (Fsp3) is 0.562. The van der Waals surface area contributed by atoms with Gasteiger partial charge in [-0.05, 0) is 48.9 Å². The number of fused-ring (bicyclic) bond motifs is 3. The fourth-order valence-electron chi connectivity index (χ4n) is 3.57. The lowest BCUT2D eigenvalue weighted by atomic mass is 9.68. The maximum atomic E-state index is 10.9. The molecule has 1 N–H and O–H groups in total. The summed E-state index contributed by atoms with van der Waals surface area (Å²) < 4.78 is 10.9. The molecule has 1 aliphatic carbocycles. The Labute approximate surface area is 118 Å². The van der Waals surface area contributed by atoms with Crippen LogP contribution in [0.15, 0.2) is 18.2 Å². The van der Waals surface area contributed by atoms with E-state index < -0.39 is 11.2 Å². The van der Waals surface area contributed by atoms with Crippen LogP contribution in [0.25, 0.3) is 0 Å². The predicted octanol–water partition coefficient (Wildman–Crippen LogP) is 2.29. The van der Waals surface area contributed by atoms with Gasteiger partial charge >= 0.3 is 0 Å². The molecular formula is C16H19NO3. The first kappa shape index (κ1) is 13.4. The summed E-state index contributed by atoms with van der Waals surface area (Å²) in [7, 11) is 1.64. The van der Waals surface area contributed by atoms with Crippen LogP contribution in [0, 0.1) is 11.3 Å². The molecule has 2 unspecified atom stereocenters. The number of ether oxygens (including phenoxy) is 2. The van der Waals surface area contributed by atoms with Gasteiger partial charge in [0.25, 0.3) is 0 Å². The molecule has 1 aromatic rings. The average Bonchev–Trinajstić information content (AvgIpc) is 2.60. The Bertz CT molecular complexity index is 565. The van der Waals surface area contributed by atoms with Crippen LogP contribution in [0.4, 0.5) is 0 Å². The Balaban J connectivity index is 2.19. The van der Waals surface area contributed by atoms with E-state index in [1.807, 2.05) is 18.2 Å². The van der Waals surface area contributed by atoms with Crippen molar-refractivity contribution >= 4 is 0 Å². The molecule has 0 radical (unpaired) electrons. The fourth-order valence-corrected chi connectivity index (χ4v) is 3.57. The number of aliphatic hydroxyl groups is 1. The minimum atomic E-state index is -1.36. The molecule has 20 heavy (non-hydrogen) atoms. The van der Waals surface area contributed by atoms with Gasteiger partial charge in [0.05, 0.1) is 19.8 Å². The molecule has 2 atom stereocenters. The molecule has 0 bridgehead atoms. The molecule has 0 amide bonds. The van der Waals surface area contributed by atoms with E-state index in [-0.39, 0.29) is 0 Å². The second-order valence-electron chi connectivity index (χ2n) is 5.63. The van der Waals surface area contributed by atoms with E-state index >= 15 is 0 Å². The highest BCUT2D eigenvalue weighted by atomic mass is 16.6. The summed E-state index contributed by atoms with van der Waals surface area (Å²) in [6.07, 6.45) is 3.57. The normalized spacial score (nSPS) is 32.5. The maximum Gasteiger partial charge on any atom is 0.188 e. The van der Waals surface area contributed by atoms with Crippen molar-refractivity contribution in [1.82, 2.24) is 0 Å². The van der Waals surface area contributed by atoms with Crippen LogP contribution in [-0.2, 0) is 16.6 Å². The third-order valence-corrected chi connectivity index (χ3v) is 4.63. The summed E-state index contributed by atoms with van der Waals surface area (Å²) >= 11 is 0. The van der Waals surface area contributed by atoms with E-state index in [1.54, 1.807) is 7.11 Å². The van der Waals surface area contributed by atoms with Crippen LogP contribution in [-0.4, -0.2) is 24.6 Å². The molecule has 4 heteroatoms. The number of nitriles is 1. The molecule has 1 saturated heterocycles. The van der Waals surface area contributed by atoms with Crippen LogP contribution in [0.3, 0.4) is 0 Å². The highest BCUT2D eigenvalue weighted by molar-refractivity contribution is 5.47. The van der Waals surface area contributed by atoms with Gasteiger partial charge in [-0.25, -0.2) is 0 Å². The van der Waals surface area contributed by atoms with Crippen molar-refractivity contribution in [3.05, 3.63) is 29.3 Å². The van der Waals surface area contributed by atoms with Crippen molar-refractivity contribution in [2.75, 3.05) is 13.7 Å². The first-order valence-corrected chi connectivity index (χ1v) is 7.10. The summed E-state index contributed by atoms with van der Waals surface area (Å²) in [4.78, 5) is 0.